The molecule has 0 aliphatic carbocycles. The monoisotopic (exact) mass is 337 g/mol. The number of carbonyl (C=O) groups excluding carboxylic acids is 1. The minimum atomic E-state index is -0.684. The Bertz CT molecular complexity index is 437. The molecule has 0 aliphatic rings. The highest BCUT2D eigenvalue weighted by atomic mass is 79.9. The van der Waals surface area contributed by atoms with Crippen LogP contribution in [0.25, 0.3) is 0 Å². The molecule has 0 aromatic heterocycles. The van der Waals surface area contributed by atoms with Crippen LogP contribution in [0.15, 0.2) is 27.6 Å². The Kier molecular flexibility index (Phi) is 5.43. The normalized spacial score (nSPS) is 11.2. The van der Waals surface area contributed by atoms with Gasteiger partial charge in [0.25, 0.3) is 0 Å². The van der Waals surface area contributed by atoms with Crippen molar-refractivity contribution in [3.63, 3.8) is 0 Å². The number of carbonyl (C=O) groups is 1. The van der Waals surface area contributed by atoms with E-state index in [2.05, 4.69) is 21.4 Å². The molecule has 0 atom stereocenters. The van der Waals surface area contributed by atoms with Crippen LogP contribution >= 0.6 is 28.0 Å². The van der Waals surface area contributed by atoms with E-state index in [1.807, 2.05) is 0 Å². The third-order valence-electron chi connectivity index (χ3n) is 1.55. The van der Waals surface area contributed by atoms with Crippen LogP contribution in [0.5, 0.6) is 0 Å². The summed E-state index contributed by atoms with van der Waals surface area (Å²) in [4.78, 5) is 11.9. The molecule has 1 rings (SSSR count). The van der Waals surface area contributed by atoms with Gasteiger partial charge in [0.05, 0.1) is 16.5 Å². The van der Waals surface area contributed by atoms with Crippen molar-refractivity contribution >= 4 is 34.1 Å². The average molecular weight is 338 g/mol. The molecule has 4 nitrogen and oxygen atoms in total. The molecule has 0 bridgehead atoms. The van der Waals surface area contributed by atoms with Gasteiger partial charge in [-0.25, -0.2) is 9.18 Å². The van der Waals surface area contributed by atoms with Crippen LogP contribution in [0.3, 0.4) is 0 Å². The van der Waals surface area contributed by atoms with Gasteiger partial charge in [-0.2, -0.15) is 9.76 Å². The van der Waals surface area contributed by atoms with E-state index >= 15 is 0 Å². The van der Waals surface area contributed by atoms with E-state index in [0.717, 1.165) is 12.0 Å². The summed E-state index contributed by atoms with van der Waals surface area (Å²) >= 11 is 3.94. The fourth-order valence-corrected chi connectivity index (χ4v) is 1.96. The van der Waals surface area contributed by atoms with Crippen molar-refractivity contribution < 1.29 is 18.2 Å². The number of rotatable bonds is 3. The number of hydrogen-bond donors (Lipinski definition) is 1. The second kappa shape index (κ2) is 6.40. The first-order valence-corrected chi connectivity index (χ1v) is 6.59. The number of benzene rings is 1. The Morgan fingerprint density at radius 3 is 2.67 bits per heavy atom. The quantitative estimate of drug-likeness (QED) is 0.667. The van der Waals surface area contributed by atoms with Crippen LogP contribution in [0.4, 0.5) is 9.18 Å². The highest BCUT2D eigenvalue weighted by Gasteiger charge is 2.16. The van der Waals surface area contributed by atoms with Crippen LogP contribution in [0, 0.1) is 5.82 Å². The second-order valence-electron chi connectivity index (χ2n) is 4.35. The third kappa shape index (κ3) is 5.70. The predicted molar refractivity (Wildman–Crippen MR) is 70.4 cm³/mol. The van der Waals surface area contributed by atoms with E-state index in [1.165, 1.54) is 18.2 Å². The molecular weight excluding hydrogens is 325 g/mol. The standard InChI is InChI=1S/C11H13BrFNO3S/c1-11(2,3)16-10(15)14-17-18-7-4-5-9(13)8(12)6-7/h4-6H,1-3H3,(H,14,15). The topological polar surface area (TPSA) is 47.6 Å². The second-order valence-corrected chi connectivity index (χ2v) is 6.01. The van der Waals surface area contributed by atoms with E-state index < -0.39 is 11.7 Å². The van der Waals surface area contributed by atoms with Crippen LogP contribution in [0.1, 0.15) is 20.8 Å². The Balaban J connectivity index is 2.38. The van der Waals surface area contributed by atoms with Crippen LogP contribution in [-0.4, -0.2) is 11.7 Å². The maximum Gasteiger partial charge on any atom is 0.432 e. The van der Waals surface area contributed by atoms with Crippen molar-refractivity contribution in [3.8, 4) is 0 Å². The lowest BCUT2D eigenvalue weighted by Crippen LogP contribution is -2.31. The van der Waals surface area contributed by atoms with Gasteiger partial charge in [0.15, 0.2) is 0 Å². The molecule has 0 heterocycles. The lowest BCUT2D eigenvalue weighted by atomic mass is 10.2. The van der Waals surface area contributed by atoms with Crippen molar-refractivity contribution in [2.24, 2.45) is 0 Å². The fourth-order valence-electron chi connectivity index (χ4n) is 0.931. The van der Waals surface area contributed by atoms with Crippen molar-refractivity contribution in [2.45, 2.75) is 31.3 Å². The fraction of sp³-hybridized carbons (Fsp3) is 0.364. The minimum absolute atomic E-state index is 0.327. The Hall–Kier alpha value is -0.790. The summed E-state index contributed by atoms with van der Waals surface area (Å²) < 4.78 is 23.1. The molecule has 1 aromatic rings. The molecule has 0 fully saturated rings. The van der Waals surface area contributed by atoms with Crippen molar-refractivity contribution in [1.29, 1.82) is 0 Å². The molecule has 7 heteroatoms. The van der Waals surface area contributed by atoms with Crippen molar-refractivity contribution in [3.05, 3.63) is 28.5 Å². The van der Waals surface area contributed by atoms with Gasteiger partial charge in [-0.05, 0) is 54.9 Å². The lowest BCUT2D eigenvalue weighted by molar-refractivity contribution is 0.0326. The summed E-state index contributed by atoms with van der Waals surface area (Å²) in [5.74, 6) is -0.362. The largest absolute Gasteiger partial charge is 0.442 e. The summed E-state index contributed by atoms with van der Waals surface area (Å²) in [6, 6.07) is 4.36. The Morgan fingerprint density at radius 1 is 1.44 bits per heavy atom. The summed E-state index contributed by atoms with van der Waals surface area (Å²) in [6.07, 6.45) is -0.684. The molecule has 1 amide bonds. The van der Waals surface area contributed by atoms with Crippen molar-refractivity contribution in [1.82, 2.24) is 5.48 Å². The zero-order valence-corrected chi connectivity index (χ0v) is 12.5. The highest BCUT2D eigenvalue weighted by molar-refractivity contribution is 9.10. The summed E-state index contributed by atoms with van der Waals surface area (Å²) in [7, 11) is 0. The molecule has 0 radical (unpaired) electrons. The summed E-state index contributed by atoms with van der Waals surface area (Å²) in [6.45, 7) is 5.24. The Labute approximate surface area is 118 Å². The predicted octanol–water partition coefficient (Wildman–Crippen LogP) is 4.05. The molecular formula is C11H13BrFNO3S. The average Bonchev–Trinajstić information content (AvgIpc) is 2.20. The van der Waals surface area contributed by atoms with Crippen LogP contribution in [-0.2, 0) is 9.02 Å². The number of nitrogens with one attached hydrogen (secondary N) is 1. The maximum atomic E-state index is 12.9. The van der Waals surface area contributed by atoms with Gasteiger partial charge in [0.2, 0.25) is 0 Å². The third-order valence-corrected chi connectivity index (χ3v) is 2.77. The number of hydrogen-bond acceptors (Lipinski definition) is 4. The van der Waals surface area contributed by atoms with Crippen molar-refractivity contribution in [2.75, 3.05) is 0 Å². The minimum Gasteiger partial charge on any atom is -0.442 e. The van der Waals surface area contributed by atoms with Gasteiger partial charge >= 0.3 is 6.09 Å². The first-order chi connectivity index (χ1) is 8.28. The van der Waals surface area contributed by atoms with E-state index in [1.54, 1.807) is 20.8 Å². The molecule has 1 aromatic carbocycles. The molecule has 18 heavy (non-hydrogen) atoms. The van der Waals surface area contributed by atoms with Crippen LogP contribution < -0.4 is 5.48 Å². The van der Waals surface area contributed by atoms with E-state index in [0.29, 0.717) is 9.37 Å². The zero-order chi connectivity index (χ0) is 13.8. The first-order valence-electron chi connectivity index (χ1n) is 5.05. The summed E-state index contributed by atoms with van der Waals surface area (Å²) in [5.41, 5.74) is 1.53. The molecule has 0 saturated heterocycles. The molecule has 0 saturated carbocycles. The van der Waals surface area contributed by atoms with Gasteiger partial charge in [0, 0.05) is 4.90 Å². The van der Waals surface area contributed by atoms with Gasteiger partial charge in [-0.3, -0.25) is 0 Å². The SMILES string of the molecule is CC(C)(C)OC(=O)NOSc1ccc(F)c(Br)c1. The van der Waals surface area contributed by atoms with Gasteiger partial charge < -0.3 is 4.74 Å². The van der Waals surface area contributed by atoms with Gasteiger partial charge in [0.1, 0.15) is 11.4 Å². The number of halogens is 2. The molecule has 100 valence electrons. The van der Waals surface area contributed by atoms with Gasteiger partial charge in [-0.15, -0.1) is 0 Å². The zero-order valence-electron chi connectivity index (χ0n) is 10.1. The molecule has 0 spiro atoms. The number of ether oxygens (including phenoxy) is 1. The number of hydroxylamine groups is 1. The Morgan fingerprint density at radius 2 is 2.11 bits per heavy atom. The van der Waals surface area contributed by atoms with Gasteiger partial charge in [-0.1, -0.05) is 0 Å². The lowest BCUT2D eigenvalue weighted by Gasteiger charge is -2.18. The first kappa shape index (κ1) is 15.3. The van der Waals surface area contributed by atoms with E-state index in [-0.39, 0.29) is 5.82 Å². The molecule has 1 N–H and O–H groups in total. The smallest absolute Gasteiger partial charge is 0.432 e. The summed E-state index contributed by atoms with van der Waals surface area (Å²) in [5, 5.41) is 0. The van der Waals surface area contributed by atoms with E-state index in [9.17, 15) is 9.18 Å². The van der Waals surface area contributed by atoms with E-state index in [4.69, 9.17) is 9.02 Å². The maximum absolute atomic E-state index is 12.9. The molecule has 0 aliphatic heterocycles. The highest BCUT2D eigenvalue weighted by Crippen LogP contribution is 2.24. The van der Waals surface area contributed by atoms with Crippen LogP contribution in [0.2, 0.25) is 0 Å². The molecule has 0 unspecified atom stereocenters. The number of amides is 1.